The van der Waals surface area contributed by atoms with Crippen LogP contribution in [0.15, 0.2) is 18.2 Å². The predicted octanol–water partition coefficient (Wildman–Crippen LogP) is 1.97. The molecule has 2 aromatic rings. The average Bonchev–Trinajstić information content (AvgIpc) is 3.01. The molecule has 1 saturated carbocycles. The third-order valence-corrected chi connectivity index (χ3v) is 5.12. The normalized spacial score (nSPS) is 21.1. The van der Waals surface area contributed by atoms with Gasteiger partial charge in [-0.25, -0.2) is 0 Å². The minimum atomic E-state index is -0.600. The van der Waals surface area contributed by atoms with Gasteiger partial charge in [0.05, 0.1) is 19.3 Å². The Morgan fingerprint density at radius 3 is 2.75 bits per heavy atom. The van der Waals surface area contributed by atoms with Gasteiger partial charge in [0.15, 0.2) is 5.15 Å². The second-order valence-corrected chi connectivity index (χ2v) is 7.22. The van der Waals surface area contributed by atoms with Crippen molar-refractivity contribution in [3.05, 3.63) is 40.0 Å². The lowest BCUT2D eigenvalue weighted by Crippen LogP contribution is -2.29. The lowest BCUT2D eigenvalue weighted by atomic mass is 10.1. The highest BCUT2D eigenvalue weighted by Crippen LogP contribution is 2.30. The molecule has 1 aromatic heterocycles. The molecule has 0 aliphatic heterocycles. The molecule has 3 rings (SSSR count). The van der Waals surface area contributed by atoms with Gasteiger partial charge >= 0.3 is 0 Å². The summed E-state index contributed by atoms with van der Waals surface area (Å²) in [5.41, 5.74) is 7.93. The summed E-state index contributed by atoms with van der Waals surface area (Å²) in [4.78, 5) is 8.21. The van der Waals surface area contributed by atoms with Gasteiger partial charge in [-0.2, -0.15) is 9.97 Å². The van der Waals surface area contributed by atoms with Crippen LogP contribution in [-0.2, 0) is 0 Å². The van der Waals surface area contributed by atoms with Crippen LogP contribution in [0.2, 0.25) is 5.15 Å². The number of halogens is 1. The summed E-state index contributed by atoms with van der Waals surface area (Å²) in [5.74, 6) is 7.29. The van der Waals surface area contributed by atoms with Gasteiger partial charge in [-0.15, -0.1) is 0 Å². The van der Waals surface area contributed by atoms with Crippen molar-refractivity contribution in [2.24, 2.45) is 5.92 Å². The maximum absolute atomic E-state index is 10.2. The van der Waals surface area contributed by atoms with E-state index in [1.165, 1.54) is 0 Å². The smallest absolute Gasteiger partial charge is 0.223 e. The molecule has 1 unspecified atom stereocenters. The number of nitrogens with one attached hydrogen (secondary N) is 1. The van der Waals surface area contributed by atoms with E-state index in [1.54, 1.807) is 7.11 Å². The lowest BCUT2D eigenvalue weighted by molar-refractivity contribution is 0.157. The fraction of sp³-hybridized carbons (Fsp3) is 0.400. The first kappa shape index (κ1) is 20.2. The third kappa shape index (κ3) is 4.47. The molecule has 0 spiro atoms. The minimum Gasteiger partial charge on any atom is -0.497 e. The van der Waals surface area contributed by atoms with E-state index in [9.17, 15) is 10.2 Å². The molecule has 1 aliphatic rings. The Bertz CT molecular complexity index is 926. The molecule has 7 nitrogen and oxygen atoms in total. The topological polar surface area (TPSA) is 114 Å². The van der Waals surface area contributed by atoms with Crippen molar-refractivity contribution < 1.29 is 14.9 Å². The molecule has 3 atom stereocenters. The number of rotatable bonds is 4. The van der Waals surface area contributed by atoms with Crippen molar-refractivity contribution in [3.63, 3.8) is 0 Å². The molecule has 1 heterocycles. The van der Waals surface area contributed by atoms with Gasteiger partial charge in [-0.3, -0.25) is 0 Å². The monoisotopic (exact) mass is 402 g/mol. The summed E-state index contributed by atoms with van der Waals surface area (Å²) in [6.07, 6.45) is 0.537. The molecule has 1 fully saturated rings. The van der Waals surface area contributed by atoms with Gasteiger partial charge < -0.3 is 26.0 Å². The lowest BCUT2D eigenvalue weighted by Gasteiger charge is -2.18. The number of benzene rings is 1. The molecule has 0 amide bonds. The first-order valence-corrected chi connectivity index (χ1v) is 9.34. The molecule has 5 N–H and O–H groups in total. The zero-order valence-corrected chi connectivity index (χ0v) is 16.5. The van der Waals surface area contributed by atoms with E-state index in [2.05, 4.69) is 27.1 Å². The van der Waals surface area contributed by atoms with Gasteiger partial charge in [0, 0.05) is 12.2 Å². The third-order valence-electron chi connectivity index (χ3n) is 4.84. The first-order chi connectivity index (χ1) is 13.4. The van der Waals surface area contributed by atoms with Crippen molar-refractivity contribution in [1.82, 2.24) is 9.97 Å². The Balaban J connectivity index is 1.92. The van der Waals surface area contributed by atoms with Gasteiger partial charge in [-0.05, 0) is 49.4 Å². The summed E-state index contributed by atoms with van der Waals surface area (Å²) in [6.45, 7) is 1.97. The van der Waals surface area contributed by atoms with E-state index in [0.29, 0.717) is 24.2 Å². The van der Waals surface area contributed by atoms with Gasteiger partial charge in [-0.1, -0.05) is 23.4 Å². The van der Waals surface area contributed by atoms with Crippen molar-refractivity contribution >= 4 is 23.4 Å². The van der Waals surface area contributed by atoms with Gasteiger partial charge in [0.25, 0.3) is 0 Å². The highest BCUT2D eigenvalue weighted by atomic mass is 35.5. The maximum atomic E-state index is 10.2. The van der Waals surface area contributed by atoms with E-state index >= 15 is 0 Å². The molecule has 148 valence electrons. The summed E-state index contributed by atoms with van der Waals surface area (Å²) in [6, 6.07) is 5.33. The molecule has 0 saturated heterocycles. The molecule has 28 heavy (non-hydrogen) atoms. The molecule has 1 aliphatic carbocycles. The SMILES string of the molecule is COc1ccc(C#Cc2c(Cl)nc(N)nc2NC2C[C@H](CO)C[C@H]2O)c(C)c1. The molecule has 8 heteroatoms. The van der Waals surface area contributed by atoms with Crippen LogP contribution in [0.1, 0.15) is 29.5 Å². The van der Waals surface area contributed by atoms with Crippen LogP contribution < -0.4 is 15.8 Å². The predicted molar refractivity (Wildman–Crippen MR) is 108 cm³/mol. The van der Waals surface area contributed by atoms with E-state index in [4.69, 9.17) is 22.1 Å². The van der Waals surface area contributed by atoms with Crippen LogP contribution in [-0.4, -0.2) is 46.0 Å². The number of aromatic nitrogens is 2. The van der Waals surface area contributed by atoms with E-state index < -0.39 is 6.10 Å². The number of hydrogen-bond donors (Lipinski definition) is 4. The number of nitrogen functional groups attached to an aromatic ring is 1. The second kappa shape index (κ2) is 8.65. The number of anilines is 2. The number of nitrogens with zero attached hydrogens (tertiary/aromatic N) is 2. The average molecular weight is 403 g/mol. The van der Waals surface area contributed by atoms with Crippen LogP contribution in [0.4, 0.5) is 11.8 Å². The van der Waals surface area contributed by atoms with Gasteiger partial charge in [0.2, 0.25) is 5.95 Å². The van der Waals surface area contributed by atoms with Crippen molar-refractivity contribution in [1.29, 1.82) is 0 Å². The van der Waals surface area contributed by atoms with Gasteiger partial charge in [0.1, 0.15) is 17.1 Å². The summed E-state index contributed by atoms with van der Waals surface area (Å²) >= 11 is 6.27. The molecule has 1 aromatic carbocycles. The van der Waals surface area contributed by atoms with Crippen LogP contribution in [0.5, 0.6) is 5.75 Å². The Morgan fingerprint density at radius 1 is 1.32 bits per heavy atom. The second-order valence-electron chi connectivity index (χ2n) is 6.87. The number of methoxy groups -OCH3 is 1. The van der Waals surface area contributed by atoms with E-state index in [-0.39, 0.29) is 29.7 Å². The fourth-order valence-electron chi connectivity index (χ4n) is 3.30. The fourth-order valence-corrected chi connectivity index (χ4v) is 3.52. The number of nitrogens with two attached hydrogens (primary N) is 1. The minimum absolute atomic E-state index is 0.0184. The maximum Gasteiger partial charge on any atom is 0.223 e. The van der Waals surface area contributed by atoms with E-state index in [0.717, 1.165) is 16.9 Å². The number of hydrogen-bond acceptors (Lipinski definition) is 7. The van der Waals surface area contributed by atoms with Crippen molar-refractivity contribution in [2.75, 3.05) is 24.8 Å². The number of aliphatic hydroxyl groups is 2. The molecule has 0 radical (unpaired) electrons. The highest BCUT2D eigenvalue weighted by molar-refractivity contribution is 6.31. The number of aryl methyl sites for hydroxylation is 1. The van der Waals surface area contributed by atoms with Crippen LogP contribution >= 0.6 is 11.6 Å². The largest absolute Gasteiger partial charge is 0.497 e. The number of aliphatic hydroxyl groups excluding tert-OH is 2. The zero-order chi connectivity index (χ0) is 20.3. The molecular formula is C20H23ClN4O3. The van der Waals surface area contributed by atoms with Crippen molar-refractivity contribution in [3.8, 4) is 17.6 Å². The summed E-state index contributed by atoms with van der Waals surface area (Å²) in [7, 11) is 1.61. The van der Waals surface area contributed by atoms with Crippen LogP contribution in [0.3, 0.4) is 0 Å². The van der Waals surface area contributed by atoms with Crippen LogP contribution in [0.25, 0.3) is 0 Å². The number of ether oxygens (including phenoxy) is 1. The standard InChI is InChI=1S/C20H23ClN4O3/c1-11-7-14(28-2)5-3-13(11)4-6-15-18(21)24-20(22)25-19(15)23-16-8-12(10-26)9-17(16)27/h3,5,7,12,16-17,26-27H,8-10H2,1-2H3,(H3,22,23,24,25)/t12-,16?,17+/m0/s1. The molecular weight excluding hydrogens is 380 g/mol. The van der Waals surface area contributed by atoms with E-state index in [1.807, 2.05) is 25.1 Å². The summed E-state index contributed by atoms with van der Waals surface area (Å²) < 4.78 is 5.21. The summed E-state index contributed by atoms with van der Waals surface area (Å²) in [5, 5.41) is 22.9. The highest BCUT2D eigenvalue weighted by Gasteiger charge is 2.33. The Hall–Kier alpha value is -2.53. The van der Waals surface area contributed by atoms with Crippen LogP contribution in [0, 0.1) is 24.7 Å². The Kier molecular flexibility index (Phi) is 6.25. The Labute approximate surface area is 168 Å². The quantitative estimate of drug-likeness (QED) is 0.456. The zero-order valence-electron chi connectivity index (χ0n) is 15.7. The molecule has 0 bridgehead atoms. The first-order valence-electron chi connectivity index (χ1n) is 8.96. The Morgan fingerprint density at radius 2 is 2.11 bits per heavy atom. The van der Waals surface area contributed by atoms with Crippen molar-refractivity contribution in [2.45, 2.75) is 31.9 Å².